The highest BCUT2D eigenvalue weighted by atomic mass is 79.9. The number of carboxylic acid groups (broad SMARTS) is 1. The minimum atomic E-state index is -1.20. The van der Waals surface area contributed by atoms with E-state index in [-0.39, 0.29) is 11.3 Å². The molecule has 120 valence electrons. The average Bonchev–Trinajstić information content (AvgIpc) is 2.48. The highest BCUT2D eigenvalue weighted by Gasteiger charge is 2.16. The second kappa shape index (κ2) is 7.81. The summed E-state index contributed by atoms with van der Waals surface area (Å²) in [6.45, 7) is -0.406. The first-order chi connectivity index (χ1) is 10.9. The van der Waals surface area contributed by atoms with Crippen molar-refractivity contribution in [1.82, 2.24) is 0 Å². The molecule has 0 radical (unpaired) electrons. The van der Waals surface area contributed by atoms with Gasteiger partial charge in [0.2, 0.25) is 0 Å². The Labute approximate surface area is 153 Å². The zero-order valence-corrected chi connectivity index (χ0v) is 15.3. The fraction of sp³-hybridized carbons (Fsp3) is 0.0667. The molecule has 0 bridgehead atoms. The van der Waals surface area contributed by atoms with Crippen molar-refractivity contribution in [3.8, 4) is 11.5 Å². The van der Waals surface area contributed by atoms with Gasteiger partial charge < -0.3 is 14.6 Å². The summed E-state index contributed by atoms with van der Waals surface area (Å²) in [6, 6.07) is 9.24. The molecule has 0 amide bonds. The van der Waals surface area contributed by atoms with E-state index in [0.717, 1.165) is 4.47 Å². The number of hydrogen-bond acceptors (Lipinski definition) is 4. The van der Waals surface area contributed by atoms with Crippen molar-refractivity contribution in [2.45, 2.75) is 0 Å². The predicted molar refractivity (Wildman–Crippen MR) is 91.4 cm³/mol. The highest BCUT2D eigenvalue weighted by molar-refractivity contribution is 9.10. The lowest BCUT2D eigenvalue weighted by Crippen LogP contribution is -2.19. The van der Waals surface area contributed by atoms with E-state index >= 15 is 0 Å². The van der Waals surface area contributed by atoms with Crippen molar-refractivity contribution in [1.29, 1.82) is 0 Å². The van der Waals surface area contributed by atoms with Crippen molar-refractivity contribution < 1.29 is 24.2 Å². The Morgan fingerprint density at radius 2 is 1.65 bits per heavy atom. The topological polar surface area (TPSA) is 72.8 Å². The van der Waals surface area contributed by atoms with E-state index in [1.54, 1.807) is 24.3 Å². The van der Waals surface area contributed by atoms with Crippen LogP contribution in [0.3, 0.4) is 0 Å². The lowest BCUT2D eigenvalue weighted by atomic mass is 10.2. The smallest absolute Gasteiger partial charge is 0.349 e. The number of esters is 1. The van der Waals surface area contributed by atoms with E-state index in [0.29, 0.717) is 15.2 Å². The molecular weight excluding hydrogens is 455 g/mol. The lowest BCUT2D eigenvalue weighted by molar-refractivity contribution is -0.136. The molecule has 0 aromatic heterocycles. The summed E-state index contributed by atoms with van der Waals surface area (Å²) in [5.41, 5.74) is -0.130. The first-order valence-electron chi connectivity index (χ1n) is 6.18. The predicted octanol–water partition coefficient (Wildman–Crippen LogP) is 4.55. The number of carbonyl (C=O) groups excluding carboxylic acids is 1. The highest BCUT2D eigenvalue weighted by Crippen LogP contribution is 2.28. The molecule has 0 atom stereocenters. The summed E-state index contributed by atoms with van der Waals surface area (Å²) >= 11 is 12.4. The maximum Gasteiger partial charge on any atom is 0.349 e. The van der Waals surface area contributed by atoms with Crippen LogP contribution in [0.25, 0.3) is 0 Å². The van der Waals surface area contributed by atoms with Gasteiger partial charge in [0.05, 0.1) is 5.02 Å². The molecule has 23 heavy (non-hydrogen) atoms. The van der Waals surface area contributed by atoms with Crippen LogP contribution in [0.2, 0.25) is 5.02 Å². The number of aromatic carboxylic acids is 1. The van der Waals surface area contributed by atoms with Crippen LogP contribution in [0, 0.1) is 0 Å². The van der Waals surface area contributed by atoms with Crippen LogP contribution in [0.1, 0.15) is 10.4 Å². The number of carbonyl (C=O) groups is 2. The van der Waals surface area contributed by atoms with Gasteiger partial charge in [0.15, 0.2) is 6.61 Å². The van der Waals surface area contributed by atoms with E-state index in [9.17, 15) is 9.59 Å². The third-order valence-corrected chi connectivity index (χ3v) is 3.92. The molecule has 0 fully saturated rings. The Hall–Kier alpha value is -1.57. The minimum absolute atomic E-state index is 0.0591. The SMILES string of the molecule is O=C(COc1ccc(Br)cc1Cl)Oc1ccc(Br)cc1C(=O)O. The number of benzene rings is 2. The maximum absolute atomic E-state index is 11.8. The molecular formula is C15H9Br2ClO5. The van der Waals surface area contributed by atoms with E-state index in [1.165, 1.54) is 12.1 Å². The zero-order chi connectivity index (χ0) is 17.0. The van der Waals surface area contributed by atoms with Gasteiger partial charge in [0, 0.05) is 8.95 Å². The van der Waals surface area contributed by atoms with Crippen LogP contribution < -0.4 is 9.47 Å². The van der Waals surface area contributed by atoms with Crippen molar-refractivity contribution in [3.63, 3.8) is 0 Å². The molecule has 0 saturated carbocycles. The second-order valence-corrected chi connectivity index (χ2v) is 6.52. The summed E-state index contributed by atoms with van der Waals surface area (Å²) in [4.78, 5) is 23.0. The van der Waals surface area contributed by atoms with E-state index in [2.05, 4.69) is 31.9 Å². The molecule has 1 N–H and O–H groups in total. The summed E-state index contributed by atoms with van der Waals surface area (Å²) < 4.78 is 11.6. The van der Waals surface area contributed by atoms with Gasteiger partial charge in [-0.15, -0.1) is 0 Å². The fourth-order valence-corrected chi connectivity index (χ4v) is 2.73. The second-order valence-electron chi connectivity index (χ2n) is 4.28. The van der Waals surface area contributed by atoms with Crippen LogP contribution in [0.4, 0.5) is 0 Å². The molecule has 5 nitrogen and oxygen atoms in total. The van der Waals surface area contributed by atoms with Gasteiger partial charge in [-0.1, -0.05) is 43.5 Å². The monoisotopic (exact) mass is 462 g/mol. The van der Waals surface area contributed by atoms with Gasteiger partial charge in [-0.25, -0.2) is 9.59 Å². The summed E-state index contributed by atoms with van der Waals surface area (Å²) in [7, 11) is 0. The molecule has 2 aromatic rings. The molecule has 0 unspecified atom stereocenters. The van der Waals surface area contributed by atoms with Crippen molar-refractivity contribution in [2.75, 3.05) is 6.61 Å². The summed E-state index contributed by atoms with van der Waals surface area (Å²) in [5, 5.41) is 9.44. The molecule has 0 heterocycles. The van der Waals surface area contributed by atoms with Crippen molar-refractivity contribution in [3.05, 3.63) is 55.9 Å². The Kier molecular flexibility index (Phi) is 6.04. The van der Waals surface area contributed by atoms with Crippen LogP contribution in [0.5, 0.6) is 11.5 Å². The third kappa shape index (κ3) is 4.95. The van der Waals surface area contributed by atoms with E-state index in [1.807, 2.05) is 0 Å². The number of ether oxygens (including phenoxy) is 2. The largest absolute Gasteiger partial charge is 0.480 e. The quantitative estimate of drug-likeness (QED) is 0.519. The lowest BCUT2D eigenvalue weighted by Gasteiger charge is -2.10. The Bertz CT molecular complexity index is 764. The molecule has 2 rings (SSSR count). The Balaban J connectivity index is 2.04. The van der Waals surface area contributed by atoms with Crippen LogP contribution >= 0.6 is 43.5 Å². The van der Waals surface area contributed by atoms with E-state index < -0.39 is 18.5 Å². The van der Waals surface area contributed by atoms with Crippen molar-refractivity contribution >= 4 is 55.4 Å². The van der Waals surface area contributed by atoms with Crippen LogP contribution in [-0.4, -0.2) is 23.7 Å². The number of carboxylic acids is 1. The standard InChI is InChI=1S/C15H9Br2ClO5/c16-8-1-3-12(10(5-8)15(20)21)23-14(19)7-22-13-4-2-9(17)6-11(13)18/h1-6H,7H2,(H,20,21). The van der Waals surface area contributed by atoms with Gasteiger partial charge >= 0.3 is 11.9 Å². The number of halogens is 3. The molecule has 8 heteroatoms. The maximum atomic E-state index is 11.8. The Morgan fingerprint density at radius 1 is 1.04 bits per heavy atom. The van der Waals surface area contributed by atoms with E-state index in [4.69, 9.17) is 26.2 Å². The summed E-state index contributed by atoms with van der Waals surface area (Å²) in [5.74, 6) is -1.68. The van der Waals surface area contributed by atoms with Crippen LogP contribution in [-0.2, 0) is 4.79 Å². The molecule has 0 aliphatic rings. The molecule has 0 aliphatic heterocycles. The van der Waals surface area contributed by atoms with Gasteiger partial charge in [-0.3, -0.25) is 0 Å². The first kappa shape index (κ1) is 17.8. The van der Waals surface area contributed by atoms with Gasteiger partial charge in [0.1, 0.15) is 17.1 Å². The van der Waals surface area contributed by atoms with Gasteiger partial charge in [0.25, 0.3) is 0 Å². The molecule has 2 aromatic carbocycles. The minimum Gasteiger partial charge on any atom is -0.480 e. The van der Waals surface area contributed by atoms with Crippen molar-refractivity contribution in [2.24, 2.45) is 0 Å². The number of rotatable bonds is 5. The summed E-state index contributed by atoms with van der Waals surface area (Å²) in [6.07, 6.45) is 0. The van der Waals surface area contributed by atoms with Gasteiger partial charge in [-0.05, 0) is 36.4 Å². The van der Waals surface area contributed by atoms with Gasteiger partial charge in [-0.2, -0.15) is 0 Å². The zero-order valence-electron chi connectivity index (χ0n) is 11.4. The fourth-order valence-electron chi connectivity index (χ4n) is 1.64. The van der Waals surface area contributed by atoms with Crippen LogP contribution in [0.15, 0.2) is 45.3 Å². The third-order valence-electron chi connectivity index (χ3n) is 2.64. The number of hydrogen-bond donors (Lipinski definition) is 1. The molecule has 0 aliphatic carbocycles. The molecule has 0 saturated heterocycles. The molecule has 0 spiro atoms. The normalized spacial score (nSPS) is 10.2. The Morgan fingerprint density at radius 3 is 2.26 bits per heavy atom. The average molecular weight is 464 g/mol. The first-order valence-corrected chi connectivity index (χ1v) is 8.14.